The number of morpholine rings is 1. The van der Waals surface area contributed by atoms with Crippen molar-refractivity contribution >= 4 is 0 Å². The quantitative estimate of drug-likeness (QED) is 0.736. The lowest BCUT2D eigenvalue weighted by Crippen LogP contribution is -2.37. The van der Waals surface area contributed by atoms with Gasteiger partial charge in [0.05, 0.1) is 13.2 Å². The maximum Gasteiger partial charge on any atom is 0.250 e. The molecule has 0 amide bonds. The van der Waals surface area contributed by atoms with Crippen LogP contribution in [0.3, 0.4) is 0 Å². The largest absolute Gasteiger partial charge is 0.379 e. The van der Waals surface area contributed by atoms with E-state index in [1.165, 1.54) is 5.56 Å². The molecule has 1 saturated heterocycles. The topological polar surface area (TPSA) is 34.5 Å². The van der Waals surface area contributed by atoms with Crippen LogP contribution in [0.1, 0.15) is 5.56 Å². The van der Waals surface area contributed by atoms with Gasteiger partial charge in [-0.1, -0.05) is 6.07 Å². The Hall–Kier alpha value is -1.13. The molecule has 1 aromatic heterocycles. The van der Waals surface area contributed by atoms with Crippen LogP contribution < -0.4 is 5.56 Å². The van der Waals surface area contributed by atoms with E-state index in [0.717, 1.165) is 39.3 Å². The van der Waals surface area contributed by atoms with Gasteiger partial charge in [-0.05, 0) is 12.0 Å². The van der Waals surface area contributed by atoms with Gasteiger partial charge < -0.3 is 9.30 Å². The zero-order chi connectivity index (χ0) is 11.4. The second-order valence-electron chi connectivity index (χ2n) is 4.19. The molecule has 0 atom stereocenters. The van der Waals surface area contributed by atoms with Crippen molar-refractivity contribution < 1.29 is 4.74 Å². The van der Waals surface area contributed by atoms with Crippen LogP contribution in [0.25, 0.3) is 0 Å². The van der Waals surface area contributed by atoms with Crippen LogP contribution in [0.4, 0.5) is 0 Å². The smallest absolute Gasteiger partial charge is 0.250 e. The summed E-state index contributed by atoms with van der Waals surface area (Å²) in [5, 5.41) is 0. The Balaban J connectivity index is 1.88. The number of hydrogen-bond donors (Lipinski definition) is 0. The van der Waals surface area contributed by atoms with Crippen molar-refractivity contribution in [3.05, 3.63) is 34.2 Å². The molecule has 16 heavy (non-hydrogen) atoms. The van der Waals surface area contributed by atoms with Crippen LogP contribution in [-0.4, -0.2) is 42.3 Å². The summed E-state index contributed by atoms with van der Waals surface area (Å²) < 4.78 is 6.93. The van der Waals surface area contributed by atoms with E-state index in [4.69, 9.17) is 4.74 Å². The van der Waals surface area contributed by atoms with Gasteiger partial charge in [0.25, 0.3) is 0 Å². The molecule has 0 N–H and O–H groups in total. The number of hydrogen-bond acceptors (Lipinski definition) is 3. The van der Waals surface area contributed by atoms with Crippen molar-refractivity contribution in [3.8, 4) is 0 Å². The molecule has 0 bridgehead atoms. The van der Waals surface area contributed by atoms with Gasteiger partial charge in [0.2, 0.25) is 5.56 Å². The Morgan fingerprint density at radius 3 is 2.75 bits per heavy atom. The van der Waals surface area contributed by atoms with Gasteiger partial charge in [0.15, 0.2) is 0 Å². The van der Waals surface area contributed by atoms with E-state index in [-0.39, 0.29) is 5.56 Å². The summed E-state index contributed by atoms with van der Waals surface area (Å²) in [7, 11) is 1.79. The highest BCUT2D eigenvalue weighted by Crippen LogP contribution is 2.01. The lowest BCUT2D eigenvalue weighted by molar-refractivity contribution is 0.0384. The molecule has 4 heteroatoms. The van der Waals surface area contributed by atoms with E-state index in [1.807, 2.05) is 12.3 Å². The number of aryl methyl sites for hydroxylation is 1. The average Bonchev–Trinajstić information content (AvgIpc) is 2.32. The molecule has 2 heterocycles. The Labute approximate surface area is 95.4 Å². The lowest BCUT2D eigenvalue weighted by atomic mass is 10.2. The van der Waals surface area contributed by atoms with Gasteiger partial charge >= 0.3 is 0 Å². The van der Waals surface area contributed by atoms with Crippen LogP contribution in [0.5, 0.6) is 0 Å². The first kappa shape index (κ1) is 11.4. The number of rotatable bonds is 3. The molecule has 88 valence electrons. The summed E-state index contributed by atoms with van der Waals surface area (Å²) in [6.45, 7) is 4.76. The molecule has 2 rings (SSSR count). The zero-order valence-corrected chi connectivity index (χ0v) is 9.69. The zero-order valence-electron chi connectivity index (χ0n) is 9.69. The molecule has 4 nitrogen and oxygen atoms in total. The summed E-state index contributed by atoms with van der Waals surface area (Å²) in [6, 6.07) is 3.55. The molecule has 0 radical (unpaired) electrons. The van der Waals surface area contributed by atoms with E-state index in [0.29, 0.717) is 0 Å². The summed E-state index contributed by atoms with van der Waals surface area (Å²) in [6.07, 6.45) is 2.91. The van der Waals surface area contributed by atoms with Gasteiger partial charge in [-0.15, -0.1) is 0 Å². The molecule has 0 unspecified atom stereocenters. The van der Waals surface area contributed by atoms with Crippen molar-refractivity contribution in [1.82, 2.24) is 9.47 Å². The van der Waals surface area contributed by atoms with Crippen LogP contribution in [-0.2, 0) is 18.2 Å². The first-order valence-corrected chi connectivity index (χ1v) is 5.71. The van der Waals surface area contributed by atoms with Gasteiger partial charge in [-0.2, -0.15) is 0 Å². The van der Waals surface area contributed by atoms with E-state index in [2.05, 4.69) is 4.90 Å². The molecule has 0 aliphatic carbocycles. The predicted molar refractivity (Wildman–Crippen MR) is 62.6 cm³/mol. The standard InChI is InChI=1S/C12H18N2O2/c1-13-10-11(2-3-12(13)15)4-5-14-6-8-16-9-7-14/h2-3,10H,4-9H2,1H3. The van der Waals surface area contributed by atoms with E-state index in [1.54, 1.807) is 17.7 Å². The van der Waals surface area contributed by atoms with Crippen molar-refractivity contribution in [2.75, 3.05) is 32.8 Å². The fourth-order valence-electron chi connectivity index (χ4n) is 1.91. The average molecular weight is 222 g/mol. The van der Waals surface area contributed by atoms with Crippen molar-refractivity contribution in [3.63, 3.8) is 0 Å². The molecule has 1 aromatic rings. The number of nitrogens with zero attached hydrogens (tertiary/aromatic N) is 2. The van der Waals surface area contributed by atoms with Crippen LogP contribution >= 0.6 is 0 Å². The SMILES string of the molecule is Cn1cc(CCN2CCOCC2)ccc1=O. The Kier molecular flexibility index (Phi) is 3.74. The predicted octanol–water partition coefficient (Wildman–Crippen LogP) is 0.260. The second-order valence-corrected chi connectivity index (χ2v) is 4.19. The number of pyridine rings is 1. The van der Waals surface area contributed by atoms with E-state index < -0.39 is 0 Å². The molecular formula is C12H18N2O2. The lowest BCUT2D eigenvalue weighted by Gasteiger charge is -2.26. The summed E-state index contributed by atoms with van der Waals surface area (Å²) in [4.78, 5) is 13.6. The Morgan fingerprint density at radius 2 is 2.06 bits per heavy atom. The van der Waals surface area contributed by atoms with Gasteiger partial charge in [-0.3, -0.25) is 9.69 Å². The third kappa shape index (κ3) is 2.93. The maximum absolute atomic E-state index is 11.2. The van der Waals surface area contributed by atoms with Gasteiger partial charge in [-0.25, -0.2) is 0 Å². The van der Waals surface area contributed by atoms with Crippen molar-refractivity contribution in [1.29, 1.82) is 0 Å². The molecule has 1 fully saturated rings. The van der Waals surface area contributed by atoms with E-state index >= 15 is 0 Å². The summed E-state index contributed by atoms with van der Waals surface area (Å²) in [5.41, 5.74) is 1.27. The fraction of sp³-hybridized carbons (Fsp3) is 0.583. The van der Waals surface area contributed by atoms with Crippen molar-refractivity contribution in [2.24, 2.45) is 7.05 Å². The van der Waals surface area contributed by atoms with E-state index in [9.17, 15) is 4.79 Å². The molecule has 1 aliphatic heterocycles. The summed E-state index contributed by atoms with van der Waals surface area (Å²) in [5.74, 6) is 0. The van der Waals surface area contributed by atoms with Crippen LogP contribution in [0.15, 0.2) is 23.1 Å². The Morgan fingerprint density at radius 1 is 1.31 bits per heavy atom. The first-order valence-electron chi connectivity index (χ1n) is 5.71. The highest BCUT2D eigenvalue weighted by Gasteiger charge is 2.09. The van der Waals surface area contributed by atoms with Crippen molar-refractivity contribution in [2.45, 2.75) is 6.42 Å². The normalized spacial score (nSPS) is 17.6. The highest BCUT2D eigenvalue weighted by atomic mass is 16.5. The van der Waals surface area contributed by atoms with Crippen LogP contribution in [0.2, 0.25) is 0 Å². The Bertz CT molecular complexity index is 394. The first-order chi connectivity index (χ1) is 7.75. The third-order valence-corrected chi connectivity index (χ3v) is 2.97. The minimum atomic E-state index is 0.0510. The molecule has 0 spiro atoms. The van der Waals surface area contributed by atoms with Gasteiger partial charge in [0, 0.05) is 38.9 Å². The summed E-state index contributed by atoms with van der Waals surface area (Å²) >= 11 is 0. The number of ether oxygens (including phenoxy) is 1. The molecule has 0 aromatic carbocycles. The fourth-order valence-corrected chi connectivity index (χ4v) is 1.91. The highest BCUT2D eigenvalue weighted by molar-refractivity contribution is 5.10. The molecular weight excluding hydrogens is 204 g/mol. The van der Waals surface area contributed by atoms with Gasteiger partial charge in [0.1, 0.15) is 0 Å². The number of aromatic nitrogens is 1. The minimum Gasteiger partial charge on any atom is -0.379 e. The van der Waals surface area contributed by atoms with Crippen LogP contribution in [0, 0.1) is 0 Å². The maximum atomic E-state index is 11.2. The molecule has 1 aliphatic rings. The minimum absolute atomic E-state index is 0.0510. The second kappa shape index (κ2) is 5.27. The molecule has 0 saturated carbocycles. The monoisotopic (exact) mass is 222 g/mol. The third-order valence-electron chi connectivity index (χ3n) is 2.97.